The molecule has 1 atom stereocenters. The highest BCUT2D eigenvalue weighted by molar-refractivity contribution is 6.33. The summed E-state index contributed by atoms with van der Waals surface area (Å²) in [6, 6.07) is 1.06. The van der Waals surface area contributed by atoms with Crippen LogP contribution in [-0.2, 0) is 0 Å². The summed E-state index contributed by atoms with van der Waals surface area (Å²) < 4.78 is 10.1. The van der Waals surface area contributed by atoms with E-state index in [1.165, 1.54) is 20.3 Å². The van der Waals surface area contributed by atoms with Crippen molar-refractivity contribution in [2.75, 3.05) is 14.2 Å². The van der Waals surface area contributed by atoms with Crippen molar-refractivity contribution in [3.63, 3.8) is 0 Å². The minimum Gasteiger partial charge on any atom is -0.507 e. The molecule has 0 aliphatic heterocycles. The normalized spacial score (nSPS) is 12.3. The maximum Gasteiger partial charge on any atom is 0.180 e. The van der Waals surface area contributed by atoms with Gasteiger partial charge in [-0.1, -0.05) is 11.6 Å². The highest BCUT2D eigenvalue weighted by Crippen LogP contribution is 2.44. The molecule has 0 bridgehead atoms. The highest BCUT2D eigenvalue weighted by Gasteiger charge is 2.20. The van der Waals surface area contributed by atoms with Crippen LogP contribution in [0.25, 0.3) is 0 Å². The van der Waals surface area contributed by atoms with E-state index >= 15 is 0 Å². The van der Waals surface area contributed by atoms with E-state index in [9.17, 15) is 5.11 Å². The summed E-state index contributed by atoms with van der Waals surface area (Å²) in [4.78, 5) is 0. The maximum absolute atomic E-state index is 9.69. The first-order chi connectivity index (χ1) is 7.02. The number of halogens is 1. The predicted molar refractivity (Wildman–Crippen MR) is 58.8 cm³/mol. The first kappa shape index (κ1) is 11.9. The number of phenols is 1. The first-order valence-electron chi connectivity index (χ1n) is 4.41. The summed E-state index contributed by atoms with van der Waals surface area (Å²) >= 11 is 6.05. The van der Waals surface area contributed by atoms with Gasteiger partial charge in [0.15, 0.2) is 11.5 Å². The van der Waals surface area contributed by atoms with Crippen LogP contribution in [0.2, 0.25) is 5.02 Å². The molecule has 5 heteroatoms. The molecule has 0 saturated carbocycles. The zero-order valence-electron chi connectivity index (χ0n) is 8.87. The fourth-order valence-corrected chi connectivity index (χ4v) is 1.82. The molecule has 1 unspecified atom stereocenters. The fourth-order valence-electron chi connectivity index (χ4n) is 1.39. The SMILES string of the molecule is COc1cc(O)c(C(C)N)c(Cl)c1OC. The van der Waals surface area contributed by atoms with Crippen LogP contribution >= 0.6 is 11.6 Å². The molecule has 0 saturated heterocycles. The number of hydrogen-bond donors (Lipinski definition) is 2. The Bertz CT molecular complexity index is 366. The molecule has 0 aliphatic rings. The molecule has 1 rings (SSSR count). The molecule has 0 amide bonds. The molecule has 0 aliphatic carbocycles. The Morgan fingerprint density at radius 3 is 2.40 bits per heavy atom. The minimum atomic E-state index is -0.377. The van der Waals surface area contributed by atoms with E-state index in [0.29, 0.717) is 17.1 Å². The van der Waals surface area contributed by atoms with Gasteiger partial charge in [0.05, 0.1) is 19.2 Å². The molecule has 0 heterocycles. The first-order valence-corrected chi connectivity index (χ1v) is 4.79. The Morgan fingerprint density at radius 1 is 1.40 bits per heavy atom. The van der Waals surface area contributed by atoms with E-state index in [4.69, 9.17) is 26.8 Å². The number of nitrogens with two attached hydrogens (primary N) is 1. The van der Waals surface area contributed by atoms with Crippen molar-refractivity contribution in [3.8, 4) is 17.2 Å². The molecular formula is C10H14ClNO3. The van der Waals surface area contributed by atoms with Gasteiger partial charge in [-0.2, -0.15) is 0 Å². The molecule has 0 aromatic heterocycles. The summed E-state index contributed by atoms with van der Waals surface area (Å²) in [5.74, 6) is 0.765. The Morgan fingerprint density at radius 2 is 2.00 bits per heavy atom. The molecule has 84 valence electrons. The molecule has 0 radical (unpaired) electrons. The average Bonchev–Trinajstić information content (AvgIpc) is 2.16. The van der Waals surface area contributed by atoms with Crippen LogP contribution in [-0.4, -0.2) is 19.3 Å². The van der Waals surface area contributed by atoms with E-state index < -0.39 is 0 Å². The van der Waals surface area contributed by atoms with Crippen molar-refractivity contribution in [2.45, 2.75) is 13.0 Å². The molecule has 1 aromatic carbocycles. The number of ether oxygens (including phenoxy) is 2. The summed E-state index contributed by atoms with van der Waals surface area (Å²) in [5.41, 5.74) is 6.14. The monoisotopic (exact) mass is 231 g/mol. The molecule has 15 heavy (non-hydrogen) atoms. The number of rotatable bonds is 3. The summed E-state index contributed by atoms with van der Waals surface area (Å²) in [5, 5.41) is 9.98. The standard InChI is InChI=1S/C10H14ClNO3/c1-5(12)8-6(13)4-7(14-2)10(15-3)9(8)11/h4-5,13H,12H2,1-3H3. The van der Waals surface area contributed by atoms with Gasteiger partial charge < -0.3 is 20.3 Å². The zero-order chi connectivity index (χ0) is 11.6. The van der Waals surface area contributed by atoms with Gasteiger partial charge in [0, 0.05) is 17.7 Å². The topological polar surface area (TPSA) is 64.7 Å². The van der Waals surface area contributed by atoms with E-state index in [1.807, 2.05) is 0 Å². The van der Waals surface area contributed by atoms with Gasteiger partial charge in [0.2, 0.25) is 0 Å². The van der Waals surface area contributed by atoms with E-state index in [1.54, 1.807) is 6.92 Å². The van der Waals surface area contributed by atoms with Gasteiger partial charge in [0.1, 0.15) is 5.75 Å². The van der Waals surface area contributed by atoms with Gasteiger partial charge in [-0.15, -0.1) is 0 Å². The van der Waals surface area contributed by atoms with Gasteiger partial charge in [-0.3, -0.25) is 0 Å². The summed E-state index contributed by atoms with van der Waals surface area (Å²) in [6.07, 6.45) is 0. The van der Waals surface area contributed by atoms with Crippen LogP contribution < -0.4 is 15.2 Å². The van der Waals surface area contributed by atoms with E-state index in [2.05, 4.69) is 0 Å². The Balaban J connectivity index is 3.44. The molecule has 0 spiro atoms. The third-order valence-electron chi connectivity index (χ3n) is 2.08. The van der Waals surface area contributed by atoms with Crippen molar-refractivity contribution in [3.05, 3.63) is 16.7 Å². The molecular weight excluding hydrogens is 218 g/mol. The van der Waals surface area contributed by atoms with Gasteiger partial charge in [-0.05, 0) is 6.92 Å². The molecule has 1 aromatic rings. The van der Waals surface area contributed by atoms with Crippen molar-refractivity contribution >= 4 is 11.6 Å². The van der Waals surface area contributed by atoms with Crippen LogP contribution in [0.3, 0.4) is 0 Å². The molecule has 4 nitrogen and oxygen atoms in total. The minimum absolute atomic E-state index is 0.00708. The number of hydrogen-bond acceptors (Lipinski definition) is 4. The number of methoxy groups -OCH3 is 2. The summed E-state index contributed by atoms with van der Waals surface area (Å²) in [7, 11) is 2.95. The predicted octanol–water partition coefficient (Wildman–Crippen LogP) is 2.08. The second-order valence-corrected chi connectivity index (χ2v) is 3.53. The Hall–Kier alpha value is -1.13. The van der Waals surface area contributed by atoms with Crippen LogP contribution in [0.4, 0.5) is 0 Å². The third kappa shape index (κ3) is 2.11. The third-order valence-corrected chi connectivity index (χ3v) is 2.46. The van der Waals surface area contributed by atoms with Crippen LogP contribution in [0.5, 0.6) is 17.2 Å². The lowest BCUT2D eigenvalue weighted by molar-refractivity contribution is 0.350. The smallest absolute Gasteiger partial charge is 0.180 e. The lowest BCUT2D eigenvalue weighted by atomic mass is 10.1. The summed E-state index contributed by atoms with van der Waals surface area (Å²) in [6.45, 7) is 1.73. The van der Waals surface area contributed by atoms with Crippen molar-refractivity contribution in [1.29, 1.82) is 0 Å². The lowest BCUT2D eigenvalue weighted by Crippen LogP contribution is -2.07. The molecule has 3 N–H and O–H groups in total. The molecule has 0 fully saturated rings. The fraction of sp³-hybridized carbons (Fsp3) is 0.400. The van der Waals surface area contributed by atoms with Crippen LogP contribution in [0.15, 0.2) is 6.07 Å². The van der Waals surface area contributed by atoms with Crippen molar-refractivity contribution in [2.24, 2.45) is 5.73 Å². The maximum atomic E-state index is 9.69. The van der Waals surface area contributed by atoms with E-state index in [0.717, 1.165) is 0 Å². The number of phenolic OH excluding ortho intramolecular Hbond substituents is 1. The van der Waals surface area contributed by atoms with Gasteiger partial charge in [-0.25, -0.2) is 0 Å². The largest absolute Gasteiger partial charge is 0.507 e. The Labute approximate surface area is 93.6 Å². The lowest BCUT2D eigenvalue weighted by Gasteiger charge is -2.16. The Kier molecular flexibility index (Phi) is 3.66. The van der Waals surface area contributed by atoms with Crippen LogP contribution in [0.1, 0.15) is 18.5 Å². The quantitative estimate of drug-likeness (QED) is 0.836. The highest BCUT2D eigenvalue weighted by atomic mass is 35.5. The number of aromatic hydroxyl groups is 1. The van der Waals surface area contributed by atoms with Crippen molar-refractivity contribution in [1.82, 2.24) is 0 Å². The van der Waals surface area contributed by atoms with Crippen LogP contribution in [0, 0.1) is 0 Å². The van der Waals surface area contributed by atoms with Gasteiger partial charge in [0.25, 0.3) is 0 Å². The number of benzene rings is 1. The zero-order valence-corrected chi connectivity index (χ0v) is 9.63. The van der Waals surface area contributed by atoms with Gasteiger partial charge >= 0.3 is 0 Å². The second-order valence-electron chi connectivity index (χ2n) is 3.15. The second kappa shape index (κ2) is 4.59. The van der Waals surface area contributed by atoms with Crippen molar-refractivity contribution < 1.29 is 14.6 Å². The average molecular weight is 232 g/mol. The van der Waals surface area contributed by atoms with E-state index in [-0.39, 0.29) is 16.8 Å².